The summed E-state index contributed by atoms with van der Waals surface area (Å²) in [4.78, 5) is 12.8. The molecule has 0 spiro atoms. The van der Waals surface area contributed by atoms with E-state index in [1.54, 1.807) is 12.1 Å². The second kappa shape index (κ2) is 8.64. The number of hydrogen-bond acceptors (Lipinski definition) is 3. The number of benzene rings is 2. The molecule has 1 aliphatic rings. The van der Waals surface area contributed by atoms with Gasteiger partial charge in [-0.25, -0.2) is 8.42 Å². The van der Waals surface area contributed by atoms with Crippen molar-refractivity contribution in [2.45, 2.75) is 38.0 Å². The monoisotopic (exact) mass is 420 g/mol. The van der Waals surface area contributed by atoms with Gasteiger partial charge < -0.3 is 5.32 Å². The highest BCUT2D eigenvalue weighted by molar-refractivity contribution is 7.89. The molecule has 2 aromatic rings. The summed E-state index contributed by atoms with van der Waals surface area (Å²) in [5.74, 6) is -0.526. The highest BCUT2D eigenvalue weighted by atomic mass is 35.5. The van der Waals surface area contributed by atoms with Gasteiger partial charge in [-0.05, 0) is 61.6 Å². The average molecular weight is 421 g/mol. The Bertz CT molecular complexity index is 958. The third-order valence-corrected chi connectivity index (χ3v) is 7.43. The highest BCUT2D eigenvalue weighted by Crippen LogP contribution is 2.27. The zero-order valence-electron chi connectivity index (χ0n) is 16.1. The molecule has 7 heteroatoms. The molecule has 0 unspecified atom stereocenters. The standard InChI is InChI=1S/C21H25ClN2O3S/c1-3-16-7-9-18(10-8-16)23-21(25)17-5-4-12-24(14-17)28(26,27)19-11-6-15(2)20(22)13-19/h6-11,13,17H,3-5,12,14H2,1-2H3,(H,23,25)/t17-/m1/s1. The Morgan fingerprint density at radius 2 is 1.93 bits per heavy atom. The van der Waals surface area contributed by atoms with E-state index in [-0.39, 0.29) is 23.3 Å². The Kier molecular flexibility index (Phi) is 6.43. The van der Waals surface area contributed by atoms with Crippen molar-refractivity contribution in [2.24, 2.45) is 5.92 Å². The lowest BCUT2D eigenvalue weighted by molar-refractivity contribution is -0.120. The minimum Gasteiger partial charge on any atom is -0.326 e. The first kappa shape index (κ1) is 20.8. The SMILES string of the molecule is CCc1ccc(NC(=O)[C@@H]2CCCN(S(=O)(=O)c3ccc(C)c(Cl)c3)C2)cc1. The van der Waals surface area contributed by atoms with Gasteiger partial charge in [0.2, 0.25) is 15.9 Å². The molecule has 0 saturated carbocycles. The lowest BCUT2D eigenvalue weighted by atomic mass is 9.98. The number of piperidine rings is 1. The zero-order valence-corrected chi connectivity index (χ0v) is 17.7. The molecule has 28 heavy (non-hydrogen) atoms. The molecule has 0 bridgehead atoms. The third kappa shape index (κ3) is 4.57. The molecule has 0 aliphatic carbocycles. The van der Waals surface area contributed by atoms with Crippen molar-refractivity contribution >= 4 is 33.2 Å². The van der Waals surface area contributed by atoms with Crippen molar-refractivity contribution in [3.63, 3.8) is 0 Å². The number of hydrogen-bond donors (Lipinski definition) is 1. The molecule has 1 atom stereocenters. The fourth-order valence-electron chi connectivity index (χ4n) is 3.33. The number of halogens is 1. The van der Waals surface area contributed by atoms with Crippen LogP contribution in [0.3, 0.4) is 0 Å². The average Bonchev–Trinajstić information content (AvgIpc) is 2.70. The molecule has 1 saturated heterocycles. The molecule has 1 amide bonds. The minimum atomic E-state index is -3.68. The Morgan fingerprint density at radius 1 is 1.21 bits per heavy atom. The van der Waals surface area contributed by atoms with Gasteiger partial charge in [0.05, 0.1) is 10.8 Å². The quantitative estimate of drug-likeness (QED) is 0.786. The summed E-state index contributed by atoms with van der Waals surface area (Å²) >= 11 is 6.10. The molecule has 2 aromatic carbocycles. The number of carbonyl (C=O) groups excluding carboxylic acids is 1. The van der Waals surface area contributed by atoms with Crippen molar-refractivity contribution in [1.82, 2.24) is 4.31 Å². The first-order chi connectivity index (χ1) is 13.3. The Balaban J connectivity index is 1.71. The number of amides is 1. The van der Waals surface area contributed by atoms with Gasteiger partial charge in [-0.3, -0.25) is 4.79 Å². The van der Waals surface area contributed by atoms with E-state index in [0.717, 1.165) is 17.7 Å². The van der Waals surface area contributed by atoms with E-state index in [1.807, 2.05) is 31.2 Å². The van der Waals surface area contributed by atoms with Gasteiger partial charge in [-0.2, -0.15) is 4.31 Å². The maximum atomic E-state index is 13.0. The summed E-state index contributed by atoms with van der Waals surface area (Å²) in [6, 6.07) is 12.5. The summed E-state index contributed by atoms with van der Waals surface area (Å²) in [5.41, 5.74) is 2.75. The van der Waals surface area contributed by atoms with Gasteiger partial charge in [0.1, 0.15) is 0 Å². The first-order valence-corrected chi connectivity index (χ1v) is 11.3. The van der Waals surface area contributed by atoms with Gasteiger partial charge in [0.15, 0.2) is 0 Å². The number of nitrogens with zero attached hydrogens (tertiary/aromatic N) is 1. The lowest BCUT2D eigenvalue weighted by Gasteiger charge is -2.31. The molecule has 5 nitrogen and oxygen atoms in total. The van der Waals surface area contributed by atoms with Crippen LogP contribution < -0.4 is 5.32 Å². The van der Waals surface area contributed by atoms with Gasteiger partial charge in [-0.15, -0.1) is 0 Å². The number of sulfonamides is 1. The highest BCUT2D eigenvalue weighted by Gasteiger charge is 2.33. The Morgan fingerprint density at radius 3 is 2.57 bits per heavy atom. The molecule has 0 aromatic heterocycles. The first-order valence-electron chi connectivity index (χ1n) is 9.47. The van der Waals surface area contributed by atoms with Gasteiger partial charge >= 0.3 is 0 Å². The molecule has 3 rings (SSSR count). The number of anilines is 1. The predicted molar refractivity (Wildman–Crippen MR) is 112 cm³/mol. The largest absolute Gasteiger partial charge is 0.326 e. The maximum Gasteiger partial charge on any atom is 0.243 e. The van der Waals surface area contributed by atoms with Gasteiger partial charge in [-0.1, -0.05) is 36.7 Å². The Labute approximate surface area is 171 Å². The summed E-state index contributed by atoms with van der Waals surface area (Å²) < 4.78 is 27.4. The Hall–Kier alpha value is -1.89. The van der Waals surface area contributed by atoms with Crippen LogP contribution in [0.1, 0.15) is 30.9 Å². The summed E-state index contributed by atoms with van der Waals surface area (Å²) in [5, 5.41) is 3.33. The second-order valence-corrected chi connectivity index (χ2v) is 9.50. The smallest absolute Gasteiger partial charge is 0.243 e. The van der Waals surface area contributed by atoms with E-state index in [2.05, 4.69) is 12.2 Å². The van der Waals surface area contributed by atoms with E-state index < -0.39 is 10.0 Å². The van der Waals surface area contributed by atoms with Gasteiger partial charge in [0.25, 0.3) is 0 Å². The van der Waals surface area contributed by atoms with Crippen LogP contribution in [-0.4, -0.2) is 31.7 Å². The van der Waals surface area contributed by atoms with Crippen LogP contribution in [0.5, 0.6) is 0 Å². The normalized spacial score (nSPS) is 18.0. The van der Waals surface area contributed by atoms with E-state index >= 15 is 0 Å². The summed E-state index contributed by atoms with van der Waals surface area (Å²) in [6.07, 6.45) is 2.25. The van der Waals surface area contributed by atoms with E-state index in [4.69, 9.17) is 11.6 Å². The molecule has 0 radical (unpaired) electrons. The minimum absolute atomic E-state index is 0.147. The molecule has 1 heterocycles. The van der Waals surface area contributed by atoms with Crippen LogP contribution in [0.25, 0.3) is 0 Å². The van der Waals surface area contributed by atoms with E-state index in [9.17, 15) is 13.2 Å². The van der Waals surface area contributed by atoms with Gasteiger partial charge in [0, 0.05) is 23.8 Å². The molecule has 1 N–H and O–H groups in total. The van der Waals surface area contributed by atoms with Crippen LogP contribution in [0.15, 0.2) is 47.4 Å². The van der Waals surface area contributed by atoms with Crippen LogP contribution in [0.4, 0.5) is 5.69 Å². The van der Waals surface area contributed by atoms with E-state index in [0.29, 0.717) is 24.4 Å². The van der Waals surface area contributed by atoms with Crippen molar-refractivity contribution in [2.75, 3.05) is 18.4 Å². The molecule has 1 aliphatic heterocycles. The molecule has 150 valence electrons. The number of carbonyl (C=O) groups is 1. The van der Waals surface area contributed by atoms with E-state index in [1.165, 1.54) is 15.9 Å². The molecule has 1 fully saturated rings. The van der Waals surface area contributed by atoms with Crippen LogP contribution >= 0.6 is 11.6 Å². The molecular weight excluding hydrogens is 396 g/mol. The summed E-state index contributed by atoms with van der Waals surface area (Å²) in [6.45, 7) is 4.48. The van der Waals surface area contributed by atoms with Crippen LogP contribution in [-0.2, 0) is 21.2 Å². The fourth-order valence-corrected chi connectivity index (χ4v) is 5.12. The van der Waals surface area contributed by atoms with Crippen molar-refractivity contribution in [3.05, 3.63) is 58.6 Å². The number of aryl methyl sites for hydroxylation is 2. The second-order valence-electron chi connectivity index (χ2n) is 7.15. The molecular formula is C21H25ClN2O3S. The zero-order chi connectivity index (χ0) is 20.3. The maximum absolute atomic E-state index is 13.0. The summed E-state index contributed by atoms with van der Waals surface area (Å²) in [7, 11) is -3.68. The number of nitrogens with one attached hydrogen (secondary N) is 1. The third-order valence-electron chi connectivity index (χ3n) is 5.17. The predicted octanol–water partition coefficient (Wildman–Crippen LogP) is 4.25. The van der Waals surface area contributed by atoms with Crippen molar-refractivity contribution < 1.29 is 13.2 Å². The van der Waals surface area contributed by atoms with Crippen LogP contribution in [0, 0.1) is 12.8 Å². The fraction of sp³-hybridized carbons (Fsp3) is 0.381. The topological polar surface area (TPSA) is 66.5 Å². The van der Waals surface area contributed by atoms with Crippen molar-refractivity contribution in [1.29, 1.82) is 0 Å². The number of rotatable bonds is 5. The van der Waals surface area contributed by atoms with Crippen molar-refractivity contribution in [3.8, 4) is 0 Å². The lowest BCUT2D eigenvalue weighted by Crippen LogP contribution is -2.43. The van der Waals surface area contributed by atoms with Crippen LogP contribution in [0.2, 0.25) is 5.02 Å².